The van der Waals surface area contributed by atoms with Crippen molar-refractivity contribution in [2.24, 2.45) is 0 Å². The molecule has 2 amide bonds. The van der Waals surface area contributed by atoms with Gasteiger partial charge in [-0.15, -0.1) is 0 Å². The van der Waals surface area contributed by atoms with E-state index in [4.69, 9.17) is 11.6 Å². The van der Waals surface area contributed by atoms with Crippen LogP contribution in [0.25, 0.3) is 0 Å². The minimum Gasteiger partial charge on any atom is -0.334 e. The van der Waals surface area contributed by atoms with Crippen LogP contribution >= 0.6 is 11.6 Å². The van der Waals surface area contributed by atoms with Crippen LogP contribution in [0.2, 0.25) is 5.02 Å². The summed E-state index contributed by atoms with van der Waals surface area (Å²) in [6.45, 7) is 3.90. The van der Waals surface area contributed by atoms with Crippen molar-refractivity contribution in [2.45, 2.75) is 39.3 Å². The van der Waals surface area contributed by atoms with E-state index in [1.54, 1.807) is 0 Å². The fraction of sp³-hybridized carbons (Fsp3) is 0.333. The van der Waals surface area contributed by atoms with Crippen LogP contribution in [0.4, 0.5) is 4.79 Å². The monoisotopic (exact) mass is 345 g/mol. The lowest BCUT2D eigenvalue weighted by Crippen LogP contribution is -2.38. The molecule has 1 aromatic carbocycles. The number of hydrogen-bond acceptors (Lipinski definition) is 2. The second-order valence-corrected chi connectivity index (χ2v) is 6.58. The van der Waals surface area contributed by atoms with E-state index in [0.717, 1.165) is 40.2 Å². The van der Waals surface area contributed by atoms with Crippen LogP contribution in [0.5, 0.6) is 0 Å². The third kappa shape index (κ3) is 3.31. The van der Waals surface area contributed by atoms with Crippen molar-refractivity contribution in [3.63, 3.8) is 0 Å². The van der Waals surface area contributed by atoms with Gasteiger partial charge in [-0.1, -0.05) is 23.7 Å². The highest BCUT2D eigenvalue weighted by Gasteiger charge is 2.25. The van der Waals surface area contributed by atoms with E-state index < -0.39 is 0 Å². The SMILES string of the molecule is Cc1cc(C)c(CNC(=O)N[C@@H]2CCc3c(Cl)cccc32)c(=O)[nH]1. The van der Waals surface area contributed by atoms with E-state index in [1.165, 1.54) is 0 Å². The number of benzene rings is 1. The molecule has 126 valence electrons. The Morgan fingerprint density at radius 2 is 2.17 bits per heavy atom. The van der Waals surface area contributed by atoms with Crippen LogP contribution in [0.3, 0.4) is 0 Å². The van der Waals surface area contributed by atoms with Crippen molar-refractivity contribution >= 4 is 17.6 Å². The summed E-state index contributed by atoms with van der Waals surface area (Å²) in [6, 6.07) is 7.33. The molecule has 0 saturated carbocycles. The van der Waals surface area contributed by atoms with Crippen LogP contribution in [0, 0.1) is 13.8 Å². The minimum atomic E-state index is -0.285. The first-order valence-corrected chi connectivity index (χ1v) is 8.34. The number of aromatic nitrogens is 1. The topological polar surface area (TPSA) is 74.0 Å². The lowest BCUT2D eigenvalue weighted by molar-refractivity contribution is 0.236. The molecular weight excluding hydrogens is 326 g/mol. The summed E-state index contributed by atoms with van der Waals surface area (Å²) in [5, 5.41) is 6.48. The molecule has 0 spiro atoms. The molecule has 6 heteroatoms. The summed E-state index contributed by atoms with van der Waals surface area (Å²) in [4.78, 5) is 26.9. The number of H-pyrrole nitrogens is 1. The van der Waals surface area contributed by atoms with Crippen LogP contribution in [0.15, 0.2) is 29.1 Å². The van der Waals surface area contributed by atoms with Gasteiger partial charge in [0.1, 0.15) is 0 Å². The third-order valence-electron chi connectivity index (χ3n) is 4.44. The number of carbonyl (C=O) groups is 1. The zero-order valence-corrected chi connectivity index (χ0v) is 14.5. The highest BCUT2D eigenvalue weighted by atomic mass is 35.5. The summed E-state index contributed by atoms with van der Waals surface area (Å²) in [6.07, 6.45) is 1.69. The van der Waals surface area contributed by atoms with Gasteiger partial charge in [0, 0.05) is 16.3 Å². The number of halogens is 1. The normalized spacial score (nSPS) is 15.9. The van der Waals surface area contributed by atoms with E-state index in [1.807, 2.05) is 38.1 Å². The fourth-order valence-corrected chi connectivity index (χ4v) is 3.52. The minimum absolute atomic E-state index is 0.0453. The Labute approximate surface area is 145 Å². The first kappa shape index (κ1) is 16.6. The molecule has 0 bridgehead atoms. The van der Waals surface area contributed by atoms with E-state index in [-0.39, 0.29) is 24.2 Å². The number of pyridine rings is 1. The molecule has 1 aromatic heterocycles. The molecule has 0 radical (unpaired) electrons. The molecule has 0 aliphatic heterocycles. The van der Waals surface area contributed by atoms with Crippen LogP contribution in [0.1, 0.15) is 40.4 Å². The average Bonchev–Trinajstić information content (AvgIpc) is 2.90. The summed E-state index contributed by atoms with van der Waals surface area (Å²) in [5.74, 6) is 0. The molecule has 5 nitrogen and oxygen atoms in total. The van der Waals surface area contributed by atoms with Gasteiger partial charge in [-0.25, -0.2) is 4.79 Å². The number of aryl methyl sites for hydroxylation is 2. The van der Waals surface area contributed by atoms with Gasteiger partial charge < -0.3 is 15.6 Å². The van der Waals surface area contributed by atoms with E-state index in [9.17, 15) is 9.59 Å². The Morgan fingerprint density at radius 3 is 2.92 bits per heavy atom. The Bertz CT molecular complexity index is 845. The maximum absolute atomic E-state index is 12.2. The quantitative estimate of drug-likeness (QED) is 0.799. The lowest BCUT2D eigenvalue weighted by atomic mass is 10.1. The van der Waals surface area contributed by atoms with Gasteiger partial charge in [0.05, 0.1) is 12.6 Å². The molecule has 1 aliphatic carbocycles. The maximum Gasteiger partial charge on any atom is 0.315 e. The highest BCUT2D eigenvalue weighted by Crippen LogP contribution is 2.35. The molecule has 3 rings (SSSR count). The molecule has 2 aromatic rings. The van der Waals surface area contributed by atoms with Gasteiger partial charge in [0.15, 0.2) is 0 Å². The maximum atomic E-state index is 12.2. The van der Waals surface area contributed by atoms with Crippen molar-refractivity contribution in [1.29, 1.82) is 0 Å². The molecule has 1 atom stereocenters. The largest absolute Gasteiger partial charge is 0.334 e. The molecule has 24 heavy (non-hydrogen) atoms. The van der Waals surface area contributed by atoms with Crippen LogP contribution in [-0.4, -0.2) is 11.0 Å². The van der Waals surface area contributed by atoms with E-state index >= 15 is 0 Å². The molecule has 1 heterocycles. The lowest BCUT2D eigenvalue weighted by Gasteiger charge is -2.15. The average molecular weight is 346 g/mol. The standard InChI is InChI=1S/C18H20ClN3O2/c1-10-8-11(2)21-17(23)14(10)9-20-18(24)22-16-7-6-12-13(16)4-3-5-15(12)19/h3-5,8,16H,6-7,9H2,1-2H3,(H,21,23)(H2,20,22,24)/t16-/m1/s1. The highest BCUT2D eigenvalue weighted by molar-refractivity contribution is 6.31. The molecular formula is C18H20ClN3O2. The second kappa shape index (κ2) is 6.69. The molecule has 0 unspecified atom stereocenters. The van der Waals surface area contributed by atoms with Crippen molar-refractivity contribution in [2.75, 3.05) is 0 Å². The van der Waals surface area contributed by atoms with Crippen molar-refractivity contribution < 1.29 is 4.79 Å². The van der Waals surface area contributed by atoms with Crippen molar-refractivity contribution in [1.82, 2.24) is 15.6 Å². The van der Waals surface area contributed by atoms with Gasteiger partial charge in [-0.3, -0.25) is 4.79 Å². The first-order valence-electron chi connectivity index (χ1n) is 7.96. The van der Waals surface area contributed by atoms with Crippen molar-refractivity contribution in [3.8, 4) is 0 Å². The predicted octanol–water partition coefficient (Wildman–Crippen LogP) is 3.13. The molecule has 0 fully saturated rings. The molecule has 3 N–H and O–H groups in total. The summed E-state index contributed by atoms with van der Waals surface area (Å²) in [5.41, 5.74) is 4.27. The number of aromatic amines is 1. The first-order chi connectivity index (χ1) is 11.5. The van der Waals surface area contributed by atoms with Gasteiger partial charge in [-0.05, 0) is 55.5 Å². The Morgan fingerprint density at radius 1 is 1.38 bits per heavy atom. The number of urea groups is 1. The Hall–Kier alpha value is -2.27. The van der Waals surface area contributed by atoms with Gasteiger partial charge in [0.2, 0.25) is 0 Å². The van der Waals surface area contributed by atoms with Gasteiger partial charge in [-0.2, -0.15) is 0 Å². The second-order valence-electron chi connectivity index (χ2n) is 6.17. The smallest absolute Gasteiger partial charge is 0.315 e. The fourth-order valence-electron chi connectivity index (χ4n) is 3.24. The van der Waals surface area contributed by atoms with E-state index in [0.29, 0.717) is 5.56 Å². The Kier molecular flexibility index (Phi) is 4.62. The molecule has 0 saturated heterocycles. The van der Waals surface area contributed by atoms with Crippen LogP contribution in [-0.2, 0) is 13.0 Å². The van der Waals surface area contributed by atoms with Gasteiger partial charge >= 0.3 is 6.03 Å². The number of amides is 2. The number of fused-ring (bicyclic) bond motifs is 1. The summed E-state index contributed by atoms with van der Waals surface area (Å²) in [7, 11) is 0. The zero-order chi connectivity index (χ0) is 17.3. The number of carbonyl (C=O) groups excluding carboxylic acids is 1. The van der Waals surface area contributed by atoms with Gasteiger partial charge in [0.25, 0.3) is 5.56 Å². The zero-order valence-electron chi connectivity index (χ0n) is 13.7. The van der Waals surface area contributed by atoms with Crippen molar-refractivity contribution in [3.05, 3.63) is 67.6 Å². The van der Waals surface area contributed by atoms with Crippen LogP contribution < -0.4 is 16.2 Å². The number of nitrogens with one attached hydrogen (secondary N) is 3. The predicted molar refractivity (Wildman–Crippen MR) is 94.4 cm³/mol. The molecule has 1 aliphatic rings. The number of rotatable bonds is 3. The summed E-state index contributed by atoms with van der Waals surface area (Å²) >= 11 is 6.19. The summed E-state index contributed by atoms with van der Waals surface area (Å²) < 4.78 is 0. The Balaban J connectivity index is 1.64. The van der Waals surface area contributed by atoms with E-state index in [2.05, 4.69) is 15.6 Å². The third-order valence-corrected chi connectivity index (χ3v) is 4.79. The number of hydrogen-bond donors (Lipinski definition) is 3.